The van der Waals surface area contributed by atoms with Crippen molar-refractivity contribution in [2.75, 3.05) is 26.4 Å². The summed E-state index contributed by atoms with van der Waals surface area (Å²) in [5.74, 6) is -6.13. The lowest BCUT2D eigenvalue weighted by molar-refractivity contribution is -0.386. The average molecular weight is 1430 g/mol. The highest BCUT2D eigenvalue weighted by atomic mass is 16.8. The number of carbonyl (C=O) groups excluding carboxylic acids is 2. The molecule has 3 heterocycles. The molecule has 3 aliphatic rings. The summed E-state index contributed by atoms with van der Waals surface area (Å²) in [7, 11) is 0. The van der Waals surface area contributed by atoms with Gasteiger partial charge in [0.05, 0.1) is 50.7 Å². The van der Waals surface area contributed by atoms with E-state index >= 15 is 0 Å². The minimum Gasteiger partial charge on any atom is -0.477 e. The molecule has 23 nitrogen and oxygen atoms in total. The second kappa shape index (κ2) is 56.8. The van der Waals surface area contributed by atoms with Gasteiger partial charge in [0.2, 0.25) is 11.8 Å². The smallest absolute Gasteiger partial charge is 0.364 e. The van der Waals surface area contributed by atoms with Crippen LogP contribution in [-0.4, -0.2) is 215 Å². The number of carboxylic acid groups (broad SMARTS) is 1. The minimum absolute atomic E-state index is 0.206. The molecular weight excluding hydrogens is 1290 g/mol. The van der Waals surface area contributed by atoms with E-state index in [-0.39, 0.29) is 12.3 Å². The summed E-state index contributed by atoms with van der Waals surface area (Å²) in [4.78, 5) is 38.7. The number of nitrogens with one attached hydrogen (secondary N) is 2. The molecule has 0 radical (unpaired) electrons. The number of rotatable bonds is 63. The first kappa shape index (κ1) is 91.7. The van der Waals surface area contributed by atoms with Crippen molar-refractivity contribution in [2.24, 2.45) is 0 Å². The SMILES string of the molecule is CCCCCCCCCCCCCCCCCCCCC/C=C/C(O)C(COC1OC(CO)C(OC2OC(CO)C(O)C(OC3(C(=O)O)CC(O)C(NC(C)=O)C(C(O)C(O)CO)O3)C2O)C(O)C1O)NC(=O)CCCCCCCCCCCCCCCCCCCCCCCCCCC. The van der Waals surface area contributed by atoms with E-state index in [1.54, 1.807) is 6.08 Å². The molecule has 3 rings (SSSR count). The molecule has 0 aromatic carbocycles. The maximum Gasteiger partial charge on any atom is 0.364 e. The molecule has 18 atom stereocenters. The fourth-order valence-electron chi connectivity index (χ4n) is 14.1. The predicted octanol–water partition coefficient (Wildman–Crippen LogP) is 10.2. The molecule has 2 amide bonds. The second-order valence-electron chi connectivity index (χ2n) is 29.3. The van der Waals surface area contributed by atoms with Gasteiger partial charge in [0.25, 0.3) is 5.79 Å². The Balaban J connectivity index is 1.53. The summed E-state index contributed by atoms with van der Waals surface area (Å²) in [6, 6.07) is -2.62. The van der Waals surface area contributed by atoms with E-state index < -0.39 is 155 Å². The third-order valence-electron chi connectivity index (χ3n) is 20.5. The highest BCUT2D eigenvalue weighted by molar-refractivity contribution is 5.77. The first-order chi connectivity index (χ1) is 48.4. The largest absolute Gasteiger partial charge is 0.477 e. The summed E-state index contributed by atoms with van der Waals surface area (Å²) < 4.78 is 34.9. The van der Waals surface area contributed by atoms with Gasteiger partial charge in [-0.15, -0.1) is 0 Å². The number of amides is 2. The van der Waals surface area contributed by atoms with Gasteiger partial charge in [-0.3, -0.25) is 9.59 Å². The van der Waals surface area contributed by atoms with Crippen LogP contribution in [0, 0.1) is 0 Å². The number of aliphatic hydroxyl groups excluding tert-OH is 11. The van der Waals surface area contributed by atoms with Gasteiger partial charge in [0.15, 0.2) is 12.6 Å². The van der Waals surface area contributed by atoms with Crippen molar-refractivity contribution in [1.29, 1.82) is 0 Å². The van der Waals surface area contributed by atoms with Crippen molar-refractivity contribution >= 4 is 17.8 Å². The van der Waals surface area contributed by atoms with E-state index in [4.69, 9.17) is 28.4 Å². The van der Waals surface area contributed by atoms with Crippen LogP contribution >= 0.6 is 0 Å². The number of aliphatic carboxylic acids is 1. The molecule has 0 aliphatic carbocycles. The Bertz CT molecular complexity index is 2050. The molecule has 23 heteroatoms. The molecule has 3 aliphatic heterocycles. The normalized spacial score (nSPS) is 27.0. The zero-order valence-electron chi connectivity index (χ0n) is 62.1. The number of hydrogen-bond acceptors (Lipinski definition) is 20. The highest BCUT2D eigenvalue weighted by Crippen LogP contribution is 2.39. The van der Waals surface area contributed by atoms with Gasteiger partial charge in [0.1, 0.15) is 67.1 Å². The fraction of sp³-hybridized carbons (Fsp3) is 0.935. The Morgan fingerprint density at radius 1 is 0.520 bits per heavy atom. The third kappa shape index (κ3) is 37.1. The zero-order valence-corrected chi connectivity index (χ0v) is 62.1. The molecule has 0 aromatic rings. The highest BCUT2D eigenvalue weighted by Gasteiger charge is 2.60. The van der Waals surface area contributed by atoms with Gasteiger partial charge in [-0.2, -0.15) is 0 Å². The number of allylic oxidation sites excluding steroid dienone is 1. The Hall–Kier alpha value is -2.53. The maximum absolute atomic E-state index is 13.5. The molecular formula is C77H144N2O21. The number of carboxylic acids is 1. The number of aliphatic hydroxyl groups is 11. The van der Waals surface area contributed by atoms with Crippen molar-refractivity contribution in [3.8, 4) is 0 Å². The second-order valence-corrected chi connectivity index (χ2v) is 29.3. The zero-order chi connectivity index (χ0) is 73.2. The van der Waals surface area contributed by atoms with Crippen LogP contribution in [0.4, 0.5) is 0 Å². The summed E-state index contributed by atoms with van der Waals surface area (Å²) in [6.45, 7) is 2.20. The fourth-order valence-corrected chi connectivity index (χ4v) is 14.1. The van der Waals surface area contributed by atoms with Crippen LogP contribution in [0.1, 0.15) is 323 Å². The first-order valence-electron chi connectivity index (χ1n) is 40.1. The summed E-state index contributed by atoms with van der Waals surface area (Å²) in [5, 5.41) is 136. The molecule has 0 bridgehead atoms. The summed E-state index contributed by atoms with van der Waals surface area (Å²) >= 11 is 0. The van der Waals surface area contributed by atoms with E-state index in [1.807, 2.05) is 6.08 Å². The molecule has 0 saturated carbocycles. The Labute approximate surface area is 601 Å². The van der Waals surface area contributed by atoms with Crippen LogP contribution in [-0.2, 0) is 42.8 Å². The molecule has 3 fully saturated rings. The number of carbonyl (C=O) groups is 3. The Morgan fingerprint density at radius 3 is 1.33 bits per heavy atom. The van der Waals surface area contributed by atoms with Crippen molar-refractivity contribution < 1.29 is 104 Å². The Morgan fingerprint density at radius 2 is 0.930 bits per heavy atom. The van der Waals surface area contributed by atoms with Crippen molar-refractivity contribution in [3.05, 3.63) is 12.2 Å². The quantitative estimate of drug-likeness (QED) is 0.0199. The van der Waals surface area contributed by atoms with Crippen LogP contribution in [0.5, 0.6) is 0 Å². The van der Waals surface area contributed by atoms with E-state index in [2.05, 4.69) is 24.5 Å². The number of hydrogen-bond donors (Lipinski definition) is 14. The molecule has 14 N–H and O–H groups in total. The third-order valence-corrected chi connectivity index (χ3v) is 20.5. The standard InChI is InChI=1S/C77H144N2O21/c1-4-6-8-10-12-14-16-18-20-22-24-26-27-28-29-31-33-35-37-39-41-43-45-47-49-51-64(87)79-58(59(84)50-48-46-44-42-40-38-36-34-32-30-25-23-21-19-17-15-13-11-9-7-5-2)56-95-74-69(91)68(90)71(63(55-82)97-74)98-75-70(92)73(67(89)62(54-81)96-75)100-77(76(93)94)52-60(85)65(78-57(3)83)72(99-77)66(88)61(86)53-80/h48,50,58-63,65-75,80-82,84-86,88-92H,4-47,49,51-56H2,1-3H3,(H,78,83)(H,79,87)(H,93,94)/b50-48+. The van der Waals surface area contributed by atoms with E-state index in [1.165, 1.54) is 231 Å². The summed E-state index contributed by atoms with van der Waals surface area (Å²) in [5.41, 5.74) is 0. The van der Waals surface area contributed by atoms with Crippen LogP contribution in [0.25, 0.3) is 0 Å². The lowest BCUT2D eigenvalue weighted by atomic mass is 9.88. The van der Waals surface area contributed by atoms with E-state index in [0.717, 1.165) is 51.9 Å². The molecule has 100 heavy (non-hydrogen) atoms. The van der Waals surface area contributed by atoms with Gasteiger partial charge in [0, 0.05) is 19.8 Å². The first-order valence-corrected chi connectivity index (χ1v) is 40.1. The van der Waals surface area contributed by atoms with Crippen molar-refractivity contribution in [3.63, 3.8) is 0 Å². The minimum atomic E-state index is -3.08. The van der Waals surface area contributed by atoms with Crippen LogP contribution < -0.4 is 10.6 Å². The average Bonchev–Trinajstić information content (AvgIpc) is 0.755. The van der Waals surface area contributed by atoms with Crippen LogP contribution in [0.15, 0.2) is 12.2 Å². The van der Waals surface area contributed by atoms with Crippen LogP contribution in [0.2, 0.25) is 0 Å². The maximum atomic E-state index is 13.5. The monoisotopic (exact) mass is 1430 g/mol. The predicted molar refractivity (Wildman–Crippen MR) is 385 cm³/mol. The van der Waals surface area contributed by atoms with Gasteiger partial charge >= 0.3 is 5.97 Å². The molecule has 3 saturated heterocycles. The Kier molecular flexibility index (Phi) is 52.0. The van der Waals surface area contributed by atoms with Gasteiger partial charge in [-0.1, -0.05) is 296 Å². The molecule has 0 spiro atoms. The van der Waals surface area contributed by atoms with Crippen molar-refractivity contribution in [2.45, 2.75) is 432 Å². The lowest BCUT2D eigenvalue weighted by Crippen LogP contribution is -2.70. The van der Waals surface area contributed by atoms with Gasteiger partial charge in [-0.05, 0) is 19.3 Å². The number of unbranched alkanes of at least 4 members (excludes halogenated alkanes) is 43. The van der Waals surface area contributed by atoms with E-state index in [9.17, 15) is 75.7 Å². The molecule has 0 aromatic heterocycles. The van der Waals surface area contributed by atoms with Crippen LogP contribution in [0.3, 0.4) is 0 Å². The lowest BCUT2D eigenvalue weighted by Gasteiger charge is -2.50. The topological polar surface area (TPSA) is 373 Å². The molecule has 18 unspecified atom stereocenters. The van der Waals surface area contributed by atoms with Gasteiger partial charge in [-0.25, -0.2) is 4.79 Å². The molecule has 588 valence electrons. The van der Waals surface area contributed by atoms with E-state index in [0.29, 0.717) is 12.8 Å². The number of ether oxygens (including phenoxy) is 6. The van der Waals surface area contributed by atoms with Crippen molar-refractivity contribution in [1.82, 2.24) is 10.6 Å². The summed E-state index contributed by atoms with van der Waals surface area (Å²) in [6.07, 6.45) is 31.0. The van der Waals surface area contributed by atoms with Gasteiger partial charge < -0.3 is 100 Å².